The summed E-state index contributed by atoms with van der Waals surface area (Å²) in [7, 11) is 1.66. The van der Waals surface area contributed by atoms with Gasteiger partial charge in [0, 0.05) is 38.1 Å². The average Bonchev–Trinajstić information content (AvgIpc) is 2.83. The highest BCUT2D eigenvalue weighted by molar-refractivity contribution is 7.09. The fraction of sp³-hybridized carbons (Fsp3) is 0.800. The molecule has 2 rings (SSSR count). The van der Waals surface area contributed by atoms with Crippen molar-refractivity contribution in [1.82, 2.24) is 9.36 Å². The summed E-state index contributed by atoms with van der Waals surface area (Å²) in [6.07, 6.45) is 3.72. The third-order valence-electron chi connectivity index (χ3n) is 2.41. The lowest BCUT2D eigenvalue weighted by molar-refractivity contribution is -0.145. The van der Waals surface area contributed by atoms with Crippen LogP contribution < -0.4 is 5.48 Å². The fourth-order valence-electron chi connectivity index (χ4n) is 1.51. The van der Waals surface area contributed by atoms with E-state index in [1.165, 1.54) is 11.5 Å². The van der Waals surface area contributed by atoms with Crippen molar-refractivity contribution in [2.75, 3.05) is 25.8 Å². The van der Waals surface area contributed by atoms with Gasteiger partial charge < -0.3 is 9.47 Å². The molecule has 0 spiro atoms. The molecule has 0 amide bonds. The number of nitrogens with one attached hydrogen (secondary N) is 1. The minimum Gasteiger partial charge on any atom is -0.384 e. The van der Waals surface area contributed by atoms with Crippen molar-refractivity contribution in [2.45, 2.75) is 32.0 Å². The van der Waals surface area contributed by atoms with E-state index in [4.69, 9.17) is 14.3 Å². The lowest BCUT2D eigenvalue weighted by Gasteiger charge is -2.21. The Bertz CT molecular complexity index is 328. The van der Waals surface area contributed by atoms with Gasteiger partial charge in [-0.1, -0.05) is 0 Å². The molecule has 96 valence electrons. The highest BCUT2D eigenvalue weighted by Crippen LogP contribution is 2.16. The zero-order chi connectivity index (χ0) is 11.9. The maximum Gasteiger partial charge on any atom is 0.226 e. The lowest BCUT2D eigenvalue weighted by atomic mass is 10.2. The van der Waals surface area contributed by atoms with Crippen molar-refractivity contribution in [3.05, 3.63) is 5.82 Å². The van der Waals surface area contributed by atoms with Gasteiger partial charge in [0.2, 0.25) is 5.13 Å². The molecule has 0 saturated carbocycles. The first-order valence-electron chi connectivity index (χ1n) is 5.73. The van der Waals surface area contributed by atoms with Crippen LogP contribution in [0.5, 0.6) is 0 Å². The average molecular weight is 259 g/mol. The highest BCUT2D eigenvalue weighted by Gasteiger charge is 2.15. The van der Waals surface area contributed by atoms with E-state index in [0.717, 1.165) is 31.7 Å². The van der Waals surface area contributed by atoms with Gasteiger partial charge >= 0.3 is 0 Å². The molecule has 0 aromatic carbocycles. The molecule has 1 aliphatic rings. The van der Waals surface area contributed by atoms with Crippen molar-refractivity contribution in [3.8, 4) is 0 Å². The number of anilines is 1. The molecule has 2 heterocycles. The summed E-state index contributed by atoms with van der Waals surface area (Å²) in [6, 6.07) is 0. The first-order chi connectivity index (χ1) is 8.38. The highest BCUT2D eigenvalue weighted by atomic mass is 32.1. The van der Waals surface area contributed by atoms with Crippen LogP contribution in [0.3, 0.4) is 0 Å². The van der Waals surface area contributed by atoms with Crippen molar-refractivity contribution < 1.29 is 14.3 Å². The van der Waals surface area contributed by atoms with Crippen LogP contribution in [0.15, 0.2) is 0 Å². The van der Waals surface area contributed by atoms with Crippen molar-refractivity contribution in [3.63, 3.8) is 0 Å². The van der Waals surface area contributed by atoms with Crippen LogP contribution in [0.25, 0.3) is 0 Å². The number of hydrogen-bond acceptors (Lipinski definition) is 7. The molecule has 1 aromatic rings. The summed E-state index contributed by atoms with van der Waals surface area (Å²) in [4.78, 5) is 9.66. The third-order valence-corrected chi connectivity index (χ3v) is 3.06. The van der Waals surface area contributed by atoms with Gasteiger partial charge in [-0.2, -0.15) is 4.37 Å². The minimum atomic E-state index is -0.171. The quantitative estimate of drug-likeness (QED) is 0.783. The maximum atomic E-state index is 5.42. The molecule has 17 heavy (non-hydrogen) atoms. The van der Waals surface area contributed by atoms with E-state index < -0.39 is 0 Å². The molecule has 7 heteroatoms. The van der Waals surface area contributed by atoms with Crippen LogP contribution in [0, 0.1) is 0 Å². The molecule has 0 bridgehead atoms. The molecule has 1 atom stereocenters. The summed E-state index contributed by atoms with van der Waals surface area (Å²) >= 11 is 1.28. The molecule has 0 radical (unpaired) electrons. The zero-order valence-electron chi connectivity index (χ0n) is 9.85. The number of methoxy groups -OCH3 is 1. The Labute approximate surface area is 104 Å². The van der Waals surface area contributed by atoms with Crippen LogP contribution in [0.1, 0.15) is 25.1 Å². The van der Waals surface area contributed by atoms with Gasteiger partial charge in [0.1, 0.15) is 5.82 Å². The van der Waals surface area contributed by atoms with Gasteiger partial charge in [-0.3, -0.25) is 0 Å². The Morgan fingerprint density at radius 3 is 3.24 bits per heavy atom. The molecular weight excluding hydrogens is 242 g/mol. The molecule has 0 aliphatic carbocycles. The molecule has 1 aliphatic heterocycles. The molecular formula is C10H17N3O3S. The smallest absolute Gasteiger partial charge is 0.226 e. The van der Waals surface area contributed by atoms with Crippen LogP contribution in [0.4, 0.5) is 5.13 Å². The predicted molar refractivity (Wildman–Crippen MR) is 63.8 cm³/mol. The van der Waals surface area contributed by atoms with Gasteiger partial charge in [-0.15, -0.1) is 0 Å². The maximum absolute atomic E-state index is 5.42. The normalized spacial score (nSPS) is 20.4. The molecule has 1 N–H and O–H groups in total. The van der Waals surface area contributed by atoms with Crippen molar-refractivity contribution in [1.29, 1.82) is 0 Å². The number of hydrogen-bond donors (Lipinski definition) is 1. The van der Waals surface area contributed by atoms with Gasteiger partial charge in [-0.25, -0.2) is 15.3 Å². The van der Waals surface area contributed by atoms with Crippen molar-refractivity contribution in [2.24, 2.45) is 0 Å². The molecule has 1 aromatic heterocycles. The second-order valence-electron chi connectivity index (χ2n) is 3.77. The third kappa shape index (κ3) is 4.19. The Morgan fingerprint density at radius 1 is 1.53 bits per heavy atom. The number of ether oxygens (including phenoxy) is 2. The monoisotopic (exact) mass is 259 g/mol. The molecule has 1 unspecified atom stereocenters. The SMILES string of the molecule is COCCc1nsc(NOC2CCCCO2)n1. The predicted octanol–water partition coefficient (Wildman–Crippen LogP) is 1.60. The van der Waals surface area contributed by atoms with Crippen LogP contribution in [-0.4, -0.2) is 36.0 Å². The van der Waals surface area contributed by atoms with Gasteiger partial charge in [0.15, 0.2) is 6.29 Å². The number of rotatable bonds is 6. The Morgan fingerprint density at radius 2 is 2.47 bits per heavy atom. The molecule has 6 nitrogen and oxygen atoms in total. The largest absolute Gasteiger partial charge is 0.384 e. The van der Waals surface area contributed by atoms with Crippen molar-refractivity contribution >= 4 is 16.7 Å². The topological polar surface area (TPSA) is 65.5 Å². The minimum absolute atomic E-state index is 0.171. The van der Waals surface area contributed by atoms with E-state index in [1.54, 1.807) is 7.11 Å². The second-order valence-corrected chi connectivity index (χ2v) is 4.53. The van der Waals surface area contributed by atoms with Crippen LogP contribution >= 0.6 is 11.5 Å². The summed E-state index contributed by atoms with van der Waals surface area (Å²) in [5.41, 5.74) is 2.79. The summed E-state index contributed by atoms with van der Waals surface area (Å²) in [5, 5.41) is 0.658. The summed E-state index contributed by atoms with van der Waals surface area (Å²) in [6.45, 7) is 1.39. The van der Waals surface area contributed by atoms with E-state index in [2.05, 4.69) is 14.8 Å². The number of aromatic nitrogens is 2. The Balaban J connectivity index is 1.72. The van der Waals surface area contributed by atoms with Gasteiger partial charge in [0.25, 0.3) is 0 Å². The first kappa shape index (κ1) is 12.7. The van der Waals surface area contributed by atoms with Gasteiger partial charge in [-0.05, 0) is 12.8 Å². The summed E-state index contributed by atoms with van der Waals surface area (Å²) < 4.78 is 14.6. The zero-order valence-corrected chi connectivity index (χ0v) is 10.7. The van der Waals surface area contributed by atoms with E-state index in [-0.39, 0.29) is 6.29 Å². The van der Waals surface area contributed by atoms with Crippen LogP contribution in [0.2, 0.25) is 0 Å². The second kappa shape index (κ2) is 6.85. The Kier molecular flexibility index (Phi) is 5.11. The van der Waals surface area contributed by atoms with Crippen LogP contribution in [-0.2, 0) is 20.7 Å². The lowest BCUT2D eigenvalue weighted by Crippen LogP contribution is -2.24. The molecule has 1 fully saturated rings. The summed E-state index contributed by atoms with van der Waals surface area (Å²) in [5.74, 6) is 0.771. The first-order valence-corrected chi connectivity index (χ1v) is 6.50. The van der Waals surface area contributed by atoms with Gasteiger partial charge in [0.05, 0.1) is 6.61 Å². The van der Waals surface area contributed by atoms with E-state index >= 15 is 0 Å². The van der Waals surface area contributed by atoms with E-state index in [9.17, 15) is 0 Å². The molecule has 1 saturated heterocycles. The standard InChI is InChI=1S/C10H17N3O3S/c1-14-7-5-8-11-10(17-13-8)12-16-9-4-2-3-6-15-9/h9H,2-7H2,1H3,(H,11,12,13). The fourth-order valence-corrected chi connectivity index (χ4v) is 2.07. The van der Waals surface area contributed by atoms with E-state index in [1.807, 2.05) is 0 Å². The number of nitrogens with zero attached hydrogens (tertiary/aromatic N) is 2. The Hall–Kier alpha value is -0.760. The van der Waals surface area contributed by atoms with E-state index in [0.29, 0.717) is 18.2 Å².